The molecule has 0 aliphatic heterocycles. The molecule has 2 aromatic rings. The zero-order valence-corrected chi connectivity index (χ0v) is 11.3. The summed E-state index contributed by atoms with van der Waals surface area (Å²) in [6.07, 6.45) is 1.05. The maximum atomic E-state index is 11.1. The van der Waals surface area contributed by atoms with Crippen LogP contribution in [0.3, 0.4) is 0 Å². The third-order valence-corrected chi connectivity index (χ3v) is 3.67. The molecule has 1 aromatic carbocycles. The van der Waals surface area contributed by atoms with Gasteiger partial charge in [-0.05, 0) is 34.9 Å². The Morgan fingerprint density at radius 1 is 1.22 bits per heavy atom. The maximum Gasteiger partial charge on any atom is 0.346 e. The summed E-state index contributed by atoms with van der Waals surface area (Å²) in [6.45, 7) is 4.38. The number of hydrogen-bond acceptors (Lipinski definition) is 2. The predicted molar refractivity (Wildman–Crippen MR) is 75.3 cm³/mol. The number of benzene rings is 1. The minimum atomic E-state index is -0.855. The van der Waals surface area contributed by atoms with Crippen LogP contribution in [-0.2, 0) is 6.42 Å². The molecule has 3 heteroatoms. The van der Waals surface area contributed by atoms with Gasteiger partial charge >= 0.3 is 5.97 Å². The molecule has 0 bridgehead atoms. The first kappa shape index (κ1) is 12.8. The van der Waals surface area contributed by atoms with Crippen LogP contribution in [0.1, 0.15) is 29.1 Å². The fourth-order valence-corrected chi connectivity index (χ4v) is 2.75. The highest BCUT2D eigenvalue weighted by atomic mass is 32.1. The van der Waals surface area contributed by atoms with Gasteiger partial charge in [0.1, 0.15) is 4.88 Å². The number of thiophene rings is 1. The predicted octanol–water partition coefficient (Wildman–Crippen LogP) is 4.31. The van der Waals surface area contributed by atoms with Gasteiger partial charge < -0.3 is 5.11 Å². The molecular formula is C15H16O2S. The Labute approximate surface area is 111 Å². The van der Waals surface area contributed by atoms with E-state index in [1.165, 1.54) is 16.9 Å². The number of carboxylic acids is 1. The van der Waals surface area contributed by atoms with Crippen molar-refractivity contribution in [1.29, 1.82) is 0 Å². The summed E-state index contributed by atoms with van der Waals surface area (Å²) < 4.78 is 0. The first-order valence-electron chi connectivity index (χ1n) is 5.98. The Hall–Kier alpha value is -1.61. The van der Waals surface area contributed by atoms with Crippen molar-refractivity contribution in [2.75, 3.05) is 0 Å². The van der Waals surface area contributed by atoms with Crippen LogP contribution < -0.4 is 0 Å². The lowest BCUT2D eigenvalue weighted by molar-refractivity contribution is 0.0703. The summed E-state index contributed by atoms with van der Waals surface area (Å²) in [5, 5.41) is 10.9. The van der Waals surface area contributed by atoms with E-state index >= 15 is 0 Å². The van der Waals surface area contributed by atoms with Gasteiger partial charge in [-0.15, -0.1) is 11.3 Å². The molecule has 2 nitrogen and oxygen atoms in total. The number of rotatable bonds is 4. The van der Waals surface area contributed by atoms with E-state index in [4.69, 9.17) is 5.11 Å². The lowest BCUT2D eigenvalue weighted by Crippen LogP contribution is -1.95. The van der Waals surface area contributed by atoms with Crippen molar-refractivity contribution in [2.24, 2.45) is 5.92 Å². The van der Waals surface area contributed by atoms with Crippen LogP contribution in [0.2, 0.25) is 0 Å². The van der Waals surface area contributed by atoms with Gasteiger partial charge in [-0.25, -0.2) is 4.79 Å². The van der Waals surface area contributed by atoms with E-state index < -0.39 is 5.97 Å². The molecule has 0 saturated carbocycles. The molecule has 1 N–H and O–H groups in total. The molecule has 0 atom stereocenters. The summed E-state index contributed by atoms with van der Waals surface area (Å²) in [5.41, 5.74) is 3.07. The quantitative estimate of drug-likeness (QED) is 0.889. The molecule has 0 spiro atoms. The monoisotopic (exact) mass is 260 g/mol. The number of carbonyl (C=O) groups is 1. The summed E-state index contributed by atoms with van der Waals surface area (Å²) >= 11 is 1.27. The van der Waals surface area contributed by atoms with Crippen LogP contribution in [0, 0.1) is 5.92 Å². The third-order valence-electron chi connectivity index (χ3n) is 2.77. The van der Waals surface area contributed by atoms with Crippen molar-refractivity contribution in [1.82, 2.24) is 0 Å². The minimum absolute atomic E-state index is 0.409. The fourth-order valence-electron chi connectivity index (χ4n) is 1.99. The van der Waals surface area contributed by atoms with Crippen LogP contribution in [0.15, 0.2) is 35.7 Å². The normalized spacial score (nSPS) is 10.8. The topological polar surface area (TPSA) is 37.3 Å². The Balaban J connectivity index is 2.29. The average Bonchev–Trinajstić information content (AvgIpc) is 2.78. The maximum absolute atomic E-state index is 11.1. The highest BCUT2D eigenvalue weighted by Crippen LogP contribution is 2.28. The van der Waals surface area contributed by atoms with Crippen molar-refractivity contribution in [3.8, 4) is 11.1 Å². The van der Waals surface area contributed by atoms with Gasteiger partial charge in [0, 0.05) is 5.56 Å². The van der Waals surface area contributed by atoms with E-state index in [1.54, 1.807) is 0 Å². The van der Waals surface area contributed by atoms with Crippen molar-refractivity contribution in [3.63, 3.8) is 0 Å². The molecule has 94 valence electrons. The molecule has 2 rings (SSSR count). The van der Waals surface area contributed by atoms with Crippen LogP contribution in [-0.4, -0.2) is 11.1 Å². The van der Waals surface area contributed by atoms with Gasteiger partial charge in [0.05, 0.1) is 0 Å². The van der Waals surface area contributed by atoms with E-state index in [0.29, 0.717) is 10.8 Å². The summed E-state index contributed by atoms with van der Waals surface area (Å²) in [4.78, 5) is 11.5. The minimum Gasteiger partial charge on any atom is -0.477 e. The molecule has 0 aliphatic carbocycles. The second-order valence-corrected chi connectivity index (χ2v) is 5.68. The molecule has 0 unspecified atom stereocenters. The van der Waals surface area contributed by atoms with Crippen molar-refractivity contribution in [2.45, 2.75) is 20.3 Å². The Morgan fingerprint density at radius 3 is 2.44 bits per heavy atom. The second-order valence-electron chi connectivity index (χ2n) is 4.76. The van der Waals surface area contributed by atoms with Crippen molar-refractivity contribution >= 4 is 17.3 Å². The highest BCUT2D eigenvalue weighted by Gasteiger charge is 2.12. The van der Waals surface area contributed by atoms with Gasteiger partial charge in [-0.1, -0.05) is 38.1 Å². The zero-order valence-electron chi connectivity index (χ0n) is 10.5. The van der Waals surface area contributed by atoms with Gasteiger partial charge in [0.15, 0.2) is 0 Å². The first-order chi connectivity index (χ1) is 8.58. The van der Waals surface area contributed by atoms with E-state index in [2.05, 4.69) is 26.0 Å². The molecule has 0 aliphatic rings. The van der Waals surface area contributed by atoms with Crippen molar-refractivity contribution < 1.29 is 9.90 Å². The summed E-state index contributed by atoms with van der Waals surface area (Å²) in [5.74, 6) is -0.224. The van der Waals surface area contributed by atoms with Gasteiger partial charge in [0.25, 0.3) is 0 Å². The molecule has 18 heavy (non-hydrogen) atoms. The lowest BCUT2D eigenvalue weighted by Gasteiger charge is -2.06. The average molecular weight is 260 g/mol. The van der Waals surface area contributed by atoms with E-state index in [9.17, 15) is 4.79 Å². The largest absolute Gasteiger partial charge is 0.477 e. The Bertz CT molecular complexity index is 538. The Morgan fingerprint density at radius 2 is 1.89 bits per heavy atom. The molecule has 0 radical (unpaired) electrons. The van der Waals surface area contributed by atoms with E-state index in [0.717, 1.165) is 17.5 Å². The van der Waals surface area contributed by atoms with Gasteiger partial charge in [-0.2, -0.15) is 0 Å². The zero-order chi connectivity index (χ0) is 13.1. The Kier molecular flexibility index (Phi) is 3.82. The number of carboxylic acid groups (broad SMARTS) is 1. The van der Waals surface area contributed by atoms with Crippen LogP contribution >= 0.6 is 11.3 Å². The smallest absolute Gasteiger partial charge is 0.346 e. The van der Waals surface area contributed by atoms with Crippen molar-refractivity contribution in [3.05, 3.63) is 46.2 Å². The SMILES string of the molecule is CC(C)Cc1ccc(-c2ccsc2C(=O)O)cc1. The second kappa shape index (κ2) is 5.36. The van der Waals surface area contributed by atoms with Crippen LogP contribution in [0.5, 0.6) is 0 Å². The summed E-state index contributed by atoms with van der Waals surface area (Å²) in [6, 6.07) is 10.0. The molecule has 0 fully saturated rings. The molecule has 1 aromatic heterocycles. The van der Waals surface area contributed by atoms with E-state index in [1.807, 2.05) is 23.6 Å². The standard InChI is InChI=1S/C15H16O2S/c1-10(2)9-11-3-5-12(6-4-11)13-7-8-18-14(13)15(16)17/h3-8,10H,9H2,1-2H3,(H,16,17). The molecule has 0 saturated heterocycles. The van der Waals surface area contributed by atoms with Gasteiger partial charge in [-0.3, -0.25) is 0 Å². The molecule has 1 heterocycles. The molecular weight excluding hydrogens is 244 g/mol. The van der Waals surface area contributed by atoms with Crippen LogP contribution in [0.4, 0.5) is 0 Å². The van der Waals surface area contributed by atoms with Gasteiger partial charge in [0.2, 0.25) is 0 Å². The number of hydrogen-bond donors (Lipinski definition) is 1. The fraction of sp³-hybridized carbons (Fsp3) is 0.267. The molecule has 0 amide bonds. The van der Waals surface area contributed by atoms with E-state index in [-0.39, 0.29) is 0 Å². The number of aromatic carboxylic acids is 1. The van der Waals surface area contributed by atoms with Crippen LogP contribution in [0.25, 0.3) is 11.1 Å². The lowest BCUT2D eigenvalue weighted by atomic mass is 9.99. The first-order valence-corrected chi connectivity index (χ1v) is 6.86. The third kappa shape index (κ3) is 2.79. The summed E-state index contributed by atoms with van der Waals surface area (Å²) in [7, 11) is 0. The highest BCUT2D eigenvalue weighted by molar-refractivity contribution is 7.12.